The summed E-state index contributed by atoms with van der Waals surface area (Å²) in [5.74, 6) is -1.05. The molecular weight excluding hydrogens is 316 g/mol. The molecule has 2 rings (SSSR count). The van der Waals surface area contributed by atoms with Crippen LogP contribution in [0.25, 0.3) is 0 Å². The molecule has 112 valence electrons. The van der Waals surface area contributed by atoms with E-state index in [1.54, 1.807) is 18.2 Å². The van der Waals surface area contributed by atoms with Gasteiger partial charge in [0.05, 0.1) is 18.3 Å². The van der Waals surface area contributed by atoms with Gasteiger partial charge < -0.3 is 9.84 Å². The van der Waals surface area contributed by atoms with Gasteiger partial charge in [0.1, 0.15) is 5.75 Å². The highest BCUT2D eigenvalue weighted by Crippen LogP contribution is 2.29. The molecule has 0 radical (unpaired) electrons. The van der Waals surface area contributed by atoms with Crippen molar-refractivity contribution in [2.24, 2.45) is 0 Å². The van der Waals surface area contributed by atoms with Crippen LogP contribution in [0.4, 0.5) is 5.69 Å². The van der Waals surface area contributed by atoms with E-state index in [-0.39, 0.29) is 9.90 Å². The van der Waals surface area contributed by atoms with Gasteiger partial charge in [0.15, 0.2) is 9.90 Å². The van der Waals surface area contributed by atoms with E-state index in [4.69, 9.17) is 9.84 Å². The van der Waals surface area contributed by atoms with E-state index in [0.717, 1.165) is 16.9 Å². The van der Waals surface area contributed by atoms with Gasteiger partial charge in [-0.3, -0.25) is 4.72 Å². The summed E-state index contributed by atoms with van der Waals surface area (Å²) in [6, 6.07) is 4.93. The van der Waals surface area contributed by atoms with Crippen molar-refractivity contribution in [2.45, 2.75) is 11.1 Å². The average molecular weight is 328 g/mol. The predicted molar refractivity (Wildman–Crippen MR) is 77.6 cm³/mol. The topological polar surface area (TPSA) is 106 Å². The molecule has 2 aromatic rings. The standard InChI is InChI=1S/C12H12N2O5S2/c1-7-3-4-8(9(5-7)19-2)14-21(17,18)12-10(11(15)16)13-6-20-12/h3-6,14H,1-2H3,(H,15,16). The van der Waals surface area contributed by atoms with Gasteiger partial charge in [-0.25, -0.2) is 18.2 Å². The first kappa shape index (κ1) is 15.3. The third kappa shape index (κ3) is 3.14. The Balaban J connectivity index is 2.42. The third-order valence-corrected chi connectivity index (χ3v) is 5.32. The van der Waals surface area contributed by atoms with Crippen LogP contribution in [0.1, 0.15) is 16.1 Å². The Morgan fingerprint density at radius 3 is 2.76 bits per heavy atom. The predicted octanol–water partition coefficient (Wildman–Crippen LogP) is 1.96. The van der Waals surface area contributed by atoms with Crippen LogP contribution in [-0.2, 0) is 10.0 Å². The highest BCUT2D eigenvalue weighted by molar-refractivity contribution is 7.94. The van der Waals surface area contributed by atoms with Crippen LogP contribution < -0.4 is 9.46 Å². The lowest BCUT2D eigenvalue weighted by molar-refractivity contribution is 0.0687. The monoisotopic (exact) mass is 328 g/mol. The molecule has 0 aliphatic heterocycles. The van der Waals surface area contributed by atoms with Gasteiger partial charge in [0.25, 0.3) is 10.0 Å². The number of carboxylic acid groups (broad SMARTS) is 1. The minimum absolute atomic E-state index is 0.229. The number of hydrogen-bond donors (Lipinski definition) is 2. The van der Waals surface area contributed by atoms with Crippen LogP contribution in [0.2, 0.25) is 0 Å². The maximum absolute atomic E-state index is 12.3. The largest absolute Gasteiger partial charge is 0.495 e. The molecule has 9 heteroatoms. The van der Waals surface area contributed by atoms with Crippen molar-refractivity contribution in [1.82, 2.24) is 4.98 Å². The Labute approximate surface area is 125 Å². The van der Waals surface area contributed by atoms with E-state index in [1.807, 2.05) is 6.92 Å². The first-order valence-corrected chi connectivity index (χ1v) is 8.05. The lowest BCUT2D eigenvalue weighted by atomic mass is 10.2. The number of nitrogens with one attached hydrogen (secondary N) is 1. The van der Waals surface area contributed by atoms with E-state index < -0.39 is 21.7 Å². The maximum Gasteiger partial charge on any atom is 0.356 e. The summed E-state index contributed by atoms with van der Waals surface area (Å²) < 4.78 is 31.6. The Bertz CT molecular complexity index is 783. The summed E-state index contributed by atoms with van der Waals surface area (Å²) >= 11 is 0.737. The quantitative estimate of drug-likeness (QED) is 0.869. The highest BCUT2D eigenvalue weighted by Gasteiger charge is 2.26. The van der Waals surface area contributed by atoms with Crippen molar-refractivity contribution in [3.05, 3.63) is 35.0 Å². The maximum atomic E-state index is 12.3. The molecule has 0 atom stereocenters. The molecular formula is C12H12N2O5S2. The second-order valence-electron chi connectivity index (χ2n) is 4.10. The lowest BCUT2D eigenvalue weighted by Crippen LogP contribution is -2.15. The average Bonchev–Trinajstić information content (AvgIpc) is 2.91. The molecule has 1 heterocycles. The fraction of sp³-hybridized carbons (Fsp3) is 0.167. The molecule has 0 aliphatic carbocycles. The molecule has 0 spiro atoms. The van der Waals surface area contributed by atoms with Crippen LogP contribution in [-0.4, -0.2) is 31.6 Å². The molecule has 2 N–H and O–H groups in total. The van der Waals surface area contributed by atoms with Crippen molar-refractivity contribution in [1.29, 1.82) is 0 Å². The minimum Gasteiger partial charge on any atom is -0.495 e. The molecule has 0 bridgehead atoms. The summed E-state index contributed by atoms with van der Waals surface area (Å²) in [5, 5.41) is 8.95. The fourth-order valence-corrected chi connectivity index (χ4v) is 3.85. The van der Waals surface area contributed by atoms with Crippen LogP contribution >= 0.6 is 11.3 Å². The van der Waals surface area contributed by atoms with Crippen molar-refractivity contribution in [3.63, 3.8) is 0 Å². The number of thiazole rings is 1. The number of carbonyl (C=O) groups is 1. The van der Waals surface area contributed by atoms with Gasteiger partial charge in [-0.15, -0.1) is 11.3 Å². The zero-order valence-electron chi connectivity index (χ0n) is 11.2. The van der Waals surface area contributed by atoms with E-state index in [0.29, 0.717) is 5.75 Å². The second kappa shape index (κ2) is 5.70. The summed E-state index contributed by atoms with van der Waals surface area (Å²) in [6.45, 7) is 1.84. The number of benzene rings is 1. The number of hydrogen-bond acceptors (Lipinski definition) is 6. The molecule has 21 heavy (non-hydrogen) atoms. The molecule has 1 aromatic heterocycles. The molecule has 1 aromatic carbocycles. The minimum atomic E-state index is -4.05. The van der Waals surface area contributed by atoms with Crippen LogP contribution in [0.15, 0.2) is 27.9 Å². The smallest absolute Gasteiger partial charge is 0.356 e. The zero-order valence-corrected chi connectivity index (χ0v) is 12.8. The van der Waals surface area contributed by atoms with Gasteiger partial charge in [-0.2, -0.15) is 0 Å². The number of methoxy groups -OCH3 is 1. The van der Waals surface area contributed by atoms with Crippen molar-refractivity contribution >= 4 is 33.0 Å². The van der Waals surface area contributed by atoms with Gasteiger partial charge in [0, 0.05) is 0 Å². The van der Waals surface area contributed by atoms with Gasteiger partial charge in [-0.1, -0.05) is 6.07 Å². The van der Waals surface area contributed by atoms with Crippen LogP contribution in [0, 0.1) is 6.92 Å². The third-order valence-electron chi connectivity index (χ3n) is 2.58. The number of aryl methyl sites for hydroxylation is 1. The molecule has 0 saturated heterocycles. The lowest BCUT2D eigenvalue weighted by Gasteiger charge is -2.11. The Morgan fingerprint density at radius 1 is 1.43 bits per heavy atom. The number of ether oxygens (including phenoxy) is 1. The molecule has 0 fully saturated rings. The van der Waals surface area contributed by atoms with Crippen molar-refractivity contribution < 1.29 is 23.1 Å². The fourth-order valence-electron chi connectivity index (χ4n) is 1.64. The number of aromatic carboxylic acids is 1. The number of sulfonamides is 1. The SMILES string of the molecule is COc1cc(C)ccc1NS(=O)(=O)c1scnc1C(=O)O. The van der Waals surface area contributed by atoms with E-state index in [1.165, 1.54) is 12.6 Å². The van der Waals surface area contributed by atoms with Gasteiger partial charge in [-0.05, 0) is 24.6 Å². The normalized spacial score (nSPS) is 11.1. The van der Waals surface area contributed by atoms with E-state index >= 15 is 0 Å². The molecule has 0 unspecified atom stereocenters. The Kier molecular flexibility index (Phi) is 4.14. The number of anilines is 1. The Morgan fingerprint density at radius 2 is 2.14 bits per heavy atom. The molecule has 0 saturated carbocycles. The number of rotatable bonds is 5. The van der Waals surface area contributed by atoms with Crippen molar-refractivity contribution in [2.75, 3.05) is 11.8 Å². The van der Waals surface area contributed by atoms with Crippen LogP contribution in [0.5, 0.6) is 5.75 Å². The van der Waals surface area contributed by atoms with E-state index in [9.17, 15) is 13.2 Å². The van der Waals surface area contributed by atoms with E-state index in [2.05, 4.69) is 9.71 Å². The summed E-state index contributed by atoms with van der Waals surface area (Å²) in [6.07, 6.45) is 0. The van der Waals surface area contributed by atoms with Gasteiger partial charge in [0.2, 0.25) is 0 Å². The number of aromatic nitrogens is 1. The zero-order chi connectivity index (χ0) is 15.6. The summed E-state index contributed by atoms with van der Waals surface area (Å²) in [4.78, 5) is 14.5. The number of nitrogens with zero attached hydrogens (tertiary/aromatic N) is 1. The summed E-state index contributed by atoms with van der Waals surface area (Å²) in [5.41, 5.74) is 1.80. The molecule has 7 nitrogen and oxygen atoms in total. The van der Waals surface area contributed by atoms with Crippen LogP contribution in [0.3, 0.4) is 0 Å². The Hall–Kier alpha value is -2.13. The van der Waals surface area contributed by atoms with Crippen molar-refractivity contribution in [3.8, 4) is 5.75 Å². The molecule has 0 amide bonds. The first-order chi connectivity index (χ1) is 9.85. The highest BCUT2D eigenvalue weighted by atomic mass is 32.2. The van der Waals surface area contributed by atoms with Gasteiger partial charge >= 0.3 is 5.97 Å². The summed E-state index contributed by atoms with van der Waals surface area (Å²) in [7, 11) is -2.63. The second-order valence-corrected chi connectivity index (χ2v) is 6.84. The first-order valence-electron chi connectivity index (χ1n) is 5.69. The number of carboxylic acids is 1. The molecule has 0 aliphatic rings.